The number of hydrogen-bond donors (Lipinski definition) is 0. The van der Waals surface area contributed by atoms with Crippen LogP contribution in [-0.2, 0) is 10.8 Å². The molecular formula is C21H34O2Si. The van der Waals surface area contributed by atoms with Crippen molar-refractivity contribution in [3.8, 4) is 5.75 Å². The number of hydrogen-bond acceptors (Lipinski definition) is 2. The van der Waals surface area contributed by atoms with Gasteiger partial charge in [0.25, 0.3) is 0 Å². The molecule has 2 rings (SSSR count). The normalized spacial score (nSPS) is 18.5. The van der Waals surface area contributed by atoms with E-state index in [0.717, 1.165) is 24.2 Å². The van der Waals surface area contributed by atoms with Crippen molar-refractivity contribution in [2.45, 2.75) is 77.1 Å². The SMILES string of the molecule is C=C(C)[C@H](CCC1Cc2cc(OC)ccc21)O[Si](C)(C)C(C)(C)C. The zero-order chi connectivity index (χ0) is 18.1. The van der Waals surface area contributed by atoms with Crippen LogP contribution in [0.3, 0.4) is 0 Å². The first-order valence-corrected chi connectivity index (χ1v) is 12.0. The quantitative estimate of drug-likeness (QED) is 0.440. The lowest BCUT2D eigenvalue weighted by molar-refractivity contribution is 0.196. The molecule has 0 amide bonds. The van der Waals surface area contributed by atoms with Gasteiger partial charge in [-0.15, -0.1) is 0 Å². The van der Waals surface area contributed by atoms with Crippen LogP contribution in [0.4, 0.5) is 0 Å². The van der Waals surface area contributed by atoms with Crippen LogP contribution < -0.4 is 4.74 Å². The third kappa shape index (κ3) is 4.12. The van der Waals surface area contributed by atoms with Crippen LogP contribution in [0.5, 0.6) is 5.75 Å². The molecule has 2 nitrogen and oxygen atoms in total. The Hall–Kier alpha value is -1.06. The monoisotopic (exact) mass is 346 g/mol. The predicted molar refractivity (Wildman–Crippen MR) is 106 cm³/mol. The largest absolute Gasteiger partial charge is 0.497 e. The molecule has 1 aromatic carbocycles. The first-order chi connectivity index (χ1) is 11.0. The van der Waals surface area contributed by atoms with Crippen molar-refractivity contribution in [2.24, 2.45) is 0 Å². The summed E-state index contributed by atoms with van der Waals surface area (Å²) in [5.74, 6) is 1.63. The Labute approximate surface area is 149 Å². The lowest BCUT2D eigenvalue weighted by Crippen LogP contribution is -2.44. The standard InChI is InChI=1S/C21H34O2Si/c1-15(2)20(23-24(7,8)21(3,4)5)12-9-16-13-17-14-18(22-6)10-11-19(16)17/h10-11,14,16,20H,1,9,12-13H2,2-8H3/t16?,20-/m0/s1. The minimum Gasteiger partial charge on any atom is -0.497 e. The highest BCUT2D eigenvalue weighted by Gasteiger charge is 2.39. The molecule has 0 radical (unpaired) electrons. The fourth-order valence-electron chi connectivity index (χ4n) is 3.08. The minimum atomic E-state index is -1.76. The van der Waals surface area contributed by atoms with Crippen LogP contribution in [0.25, 0.3) is 0 Å². The molecule has 0 spiro atoms. The average molecular weight is 347 g/mol. The van der Waals surface area contributed by atoms with E-state index in [0.29, 0.717) is 5.92 Å². The van der Waals surface area contributed by atoms with Gasteiger partial charge in [-0.25, -0.2) is 0 Å². The smallest absolute Gasteiger partial charge is 0.192 e. The molecule has 0 saturated carbocycles. The number of fused-ring (bicyclic) bond motifs is 1. The Morgan fingerprint density at radius 3 is 2.50 bits per heavy atom. The van der Waals surface area contributed by atoms with Crippen molar-refractivity contribution in [1.29, 1.82) is 0 Å². The molecule has 1 aromatic rings. The summed E-state index contributed by atoms with van der Waals surface area (Å²) in [6, 6.07) is 6.48. The Balaban J connectivity index is 1.97. The van der Waals surface area contributed by atoms with E-state index in [9.17, 15) is 0 Å². The minimum absolute atomic E-state index is 0.188. The van der Waals surface area contributed by atoms with Crippen LogP contribution in [0, 0.1) is 0 Å². The van der Waals surface area contributed by atoms with E-state index in [1.54, 1.807) is 7.11 Å². The Kier molecular flexibility index (Phi) is 5.66. The van der Waals surface area contributed by atoms with Gasteiger partial charge in [-0.1, -0.05) is 39.0 Å². The van der Waals surface area contributed by atoms with E-state index in [4.69, 9.17) is 9.16 Å². The zero-order valence-electron chi connectivity index (χ0n) is 16.5. The van der Waals surface area contributed by atoms with Gasteiger partial charge in [0.2, 0.25) is 0 Å². The summed E-state index contributed by atoms with van der Waals surface area (Å²) in [4.78, 5) is 0. The summed E-state index contributed by atoms with van der Waals surface area (Å²) < 4.78 is 11.9. The molecule has 3 heteroatoms. The second-order valence-corrected chi connectivity index (χ2v) is 13.5. The van der Waals surface area contributed by atoms with Crippen molar-refractivity contribution in [1.82, 2.24) is 0 Å². The Morgan fingerprint density at radius 2 is 2.00 bits per heavy atom. The van der Waals surface area contributed by atoms with Crippen LogP contribution >= 0.6 is 0 Å². The summed E-state index contributed by atoms with van der Waals surface area (Å²) in [5, 5.41) is 0.236. The molecule has 1 aliphatic carbocycles. The molecule has 2 atom stereocenters. The first-order valence-electron chi connectivity index (χ1n) is 9.05. The average Bonchev–Trinajstić information content (AvgIpc) is 2.45. The van der Waals surface area contributed by atoms with Gasteiger partial charge in [-0.3, -0.25) is 0 Å². The van der Waals surface area contributed by atoms with Gasteiger partial charge >= 0.3 is 0 Å². The number of benzene rings is 1. The first kappa shape index (κ1) is 19.3. The molecule has 134 valence electrons. The van der Waals surface area contributed by atoms with Gasteiger partial charge in [0.1, 0.15) is 5.75 Å². The Morgan fingerprint density at radius 1 is 1.33 bits per heavy atom. The summed E-state index contributed by atoms with van der Waals surface area (Å²) in [6.45, 7) is 17.8. The molecule has 0 saturated heterocycles. The van der Waals surface area contributed by atoms with Gasteiger partial charge in [0, 0.05) is 0 Å². The van der Waals surface area contributed by atoms with E-state index < -0.39 is 8.32 Å². The van der Waals surface area contributed by atoms with Gasteiger partial charge in [-0.2, -0.15) is 0 Å². The lowest BCUT2D eigenvalue weighted by Gasteiger charge is -2.40. The van der Waals surface area contributed by atoms with Crippen LogP contribution in [0.15, 0.2) is 30.4 Å². The third-order valence-corrected chi connectivity index (χ3v) is 10.3. The molecule has 0 fully saturated rings. The fourth-order valence-corrected chi connectivity index (χ4v) is 4.46. The molecule has 0 aliphatic heterocycles. The molecular weight excluding hydrogens is 312 g/mol. The molecule has 0 bridgehead atoms. The van der Waals surface area contributed by atoms with Gasteiger partial charge in [-0.05, 0) is 73.5 Å². The highest BCUT2D eigenvalue weighted by Crippen LogP contribution is 2.42. The van der Waals surface area contributed by atoms with Crippen molar-refractivity contribution in [2.75, 3.05) is 7.11 Å². The highest BCUT2D eigenvalue weighted by atomic mass is 28.4. The van der Waals surface area contributed by atoms with E-state index in [-0.39, 0.29) is 11.1 Å². The van der Waals surface area contributed by atoms with E-state index >= 15 is 0 Å². The maximum atomic E-state index is 6.63. The maximum absolute atomic E-state index is 6.63. The predicted octanol–water partition coefficient (Wildman–Crippen LogP) is 6.08. The van der Waals surface area contributed by atoms with Crippen molar-refractivity contribution in [3.63, 3.8) is 0 Å². The van der Waals surface area contributed by atoms with Crippen molar-refractivity contribution < 1.29 is 9.16 Å². The third-order valence-electron chi connectivity index (χ3n) is 5.83. The summed E-state index contributed by atoms with van der Waals surface area (Å²) in [5.41, 5.74) is 4.09. The Bertz CT molecular complexity index is 598. The van der Waals surface area contributed by atoms with E-state index in [1.165, 1.54) is 17.5 Å². The maximum Gasteiger partial charge on any atom is 0.192 e. The number of rotatable bonds is 7. The van der Waals surface area contributed by atoms with Gasteiger partial charge in [0.15, 0.2) is 8.32 Å². The van der Waals surface area contributed by atoms with Gasteiger partial charge in [0.05, 0.1) is 13.2 Å². The molecule has 0 N–H and O–H groups in total. The van der Waals surface area contributed by atoms with Crippen LogP contribution in [0.1, 0.15) is 57.6 Å². The molecule has 1 aliphatic rings. The number of methoxy groups -OCH3 is 1. The van der Waals surface area contributed by atoms with E-state index in [2.05, 4.69) is 65.6 Å². The molecule has 0 aromatic heterocycles. The van der Waals surface area contributed by atoms with E-state index in [1.807, 2.05) is 0 Å². The lowest BCUT2D eigenvalue weighted by atomic mass is 9.74. The zero-order valence-corrected chi connectivity index (χ0v) is 17.5. The topological polar surface area (TPSA) is 18.5 Å². The van der Waals surface area contributed by atoms with Crippen LogP contribution in [-0.4, -0.2) is 21.5 Å². The molecule has 24 heavy (non-hydrogen) atoms. The summed E-state index contributed by atoms with van der Waals surface area (Å²) in [6.07, 6.45) is 3.59. The second-order valence-electron chi connectivity index (χ2n) is 8.76. The number of ether oxygens (including phenoxy) is 1. The van der Waals surface area contributed by atoms with Crippen LogP contribution in [0.2, 0.25) is 18.1 Å². The summed E-state index contributed by atoms with van der Waals surface area (Å²) in [7, 11) is -0.0267. The molecule has 0 heterocycles. The highest BCUT2D eigenvalue weighted by molar-refractivity contribution is 6.74. The van der Waals surface area contributed by atoms with Crippen molar-refractivity contribution >= 4 is 8.32 Å². The van der Waals surface area contributed by atoms with Gasteiger partial charge < -0.3 is 9.16 Å². The second kappa shape index (κ2) is 7.05. The fraction of sp³-hybridized carbons (Fsp3) is 0.619. The van der Waals surface area contributed by atoms with Crippen molar-refractivity contribution in [3.05, 3.63) is 41.5 Å². The molecule has 1 unspecified atom stereocenters. The summed E-state index contributed by atoms with van der Waals surface area (Å²) >= 11 is 0.